The Morgan fingerprint density at radius 3 is 1.42 bits per heavy atom. The normalized spacial score (nSPS) is 10.4. The first-order chi connectivity index (χ1) is 25.9. The molecule has 0 unspecified atom stereocenters. The van der Waals surface area contributed by atoms with Gasteiger partial charge in [0, 0.05) is 34.4 Å². The largest absolute Gasteiger partial charge is 1.00 e. The first kappa shape index (κ1) is 42.8. The molecule has 0 saturated heterocycles. The van der Waals surface area contributed by atoms with Crippen molar-refractivity contribution in [2.24, 2.45) is 0 Å². The van der Waals surface area contributed by atoms with Crippen LogP contribution < -0.4 is 45.3 Å². The predicted molar refractivity (Wildman–Crippen MR) is 204 cm³/mol. The smallest absolute Gasteiger partial charge is 0.548 e. The number of carboxylic acid groups (broad SMARTS) is 1. The Balaban J connectivity index is 0.000000241. The van der Waals surface area contributed by atoms with Gasteiger partial charge < -0.3 is 25.3 Å². The van der Waals surface area contributed by atoms with E-state index < -0.39 is 30.1 Å². The van der Waals surface area contributed by atoms with Crippen molar-refractivity contribution in [2.75, 3.05) is 30.3 Å². The fraction of sp³-hybridized carbons (Fsp3) is 0.150. The van der Waals surface area contributed by atoms with Gasteiger partial charge in [-0.3, -0.25) is 4.79 Å². The van der Waals surface area contributed by atoms with Gasteiger partial charge in [-0.15, -0.1) is 0 Å². The second kappa shape index (κ2) is 20.1. The molecule has 10 nitrogen and oxygen atoms in total. The van der Waals surface area contributed by atoms with E-state index >= 15 is 0 Å². The van der Waals surface area contributed by atoms with Crippen LogP contribution in [0.2, 0.25) is 10.0 Å². The minimum atomic E-state index is -1.26. The fourth-order valence-corrected chi connectivity index (χ4v) is 5.12. The second-order valence-electron chi connectivity index (χ2n) is 11.8. The molecule has 6 aromatic rings. The molecule has 0 aliphatic heterocycles. The van der Waals surface area contributed by atoms with Crippen LogP contribution in [0.4, 0.5) is 20.4 Å². The van der Waals surface area contributed by atoms with Gasteiger partial charge in [0.2, 0.25) is 0 Å². The predicted octanol–water partition coefficient (Wildman–Crippen LogP) is 4.96. The number of carbonyl (C=O) groups is 2. The van der Waals surface area contributed by atoms with Crippen molar-refractivity contribution >= 4 is 46.8 Å². The molecule has 0 atom stereocenters. The summed E-state index contributed by atoms with van der Waals surface area (Å²) in [7, 11) is 0. The van der Waals surface area contributed by atoms with Gasteiger partial charge in [-0.25, -0.2) is 28.7 Å². The Bertz CT molecular complexity index is 2280. The molecule has 0 aliphatic rings. The summed E-state index contributed by atoms with van der Waals surface area (Å²) < 4.78 is 32.6. The van der Waals surface area contributed by atoms with Crippen LogP contribution in [0.3, 0.4) is 0 Å². The van der Waals surface area contributed by atoms with Gasteiger partial charge in [0.1, 0.15) is 29.8 Å². The standard InChI is InChI=1S/C21H19ClFN3O2.C19H15ClFN3O2.Na/c1-3-28-20(27)12-24-19-11-18(14-6-4-13(2)5-7-14)25-21(26-19)15-8-9-16(22)17(23)10-15;1-11-2-4-12(5-3-11)16-9-17(22-10-18(25)26)24-19(23-16)13-6-7-14(20)15(21)8-13;/h4-11H,3,12H2,1-2H3,(H,24,25,26);2-9H,10H2,1H3,(H,25,26)(H,22,23,24);/q;;+1/p-1. The Kier molecular flexibility index (Phi) is 15.6. The van der Waals surface area contributed by atoms with Crippen molar-refractivity contribution in [2.45, 2.75) is 20.8 Å². The zero-order chi connectivity index (χ0) is 38.8. The monoisotopic (exact) mass is 792 g/mol. The summed E-state index contributed by atoms with van der Waals surface area (Å²) in [6.45, 7) is 5.57. The van der Waals surface area contributed by atoms with Crippen molar-refractivity contribution < 1.29 is 57.8 Å². The number of anilines is 2. The summed E-state index contributed by atoms with van der Waals surface area (Å²) in [5, 5.41) is 16.4. The van der Waals surface area contributed by atoms with E-state index in [0.717, 1.165) is 22.3 Å². The summed E-state index contributed by atoms with van der Waals surface area (Å²) in [6.07, 6.45) is 0. The third-order valence-corrected chi connectivity index (χ3v) is 8.25. The van der Waals surface area contributed by atoms with Gasteiger partial charge in [0.05, 0.1) is 40.6 Å². The van der Waals surface area contributed by atoms with Crippen LogP contribution in [0.25, 0.3) is 45.3 Å². The maximum absolute atomic E-state index is 13.9. The van der Waals surface area contributed by atoms with E-state index in [0.29, 0.717) is 46.6 Å². The van der Waals surface area contributed by atoms with E-state index in [1.54, 1.807) is 31.2 Å². The molecule has 15 heteroatoms. The van der Waals surface area contributed by atoms with E-state index in [4.69, 9.17) is 27.9 Å². The Morgan fingerprint density at radius 1 is 0.636 bits per heavy atom. The molecular weight excluding hydrogens is 760 g/mol. The van der Waals surface area contributed by atoms with E-state index in [1.807, 2.05) is 62.4 Å². The van der Waals surface area contributed by atoms with E-state index in [2.05, 4.69) is 30.6 Å². The maximum Gasteiger partial charge on any atom is 1.00 e. The molecule has 0 spiro atoms. The molecule has 0 fully saturated rings. The topological polar surface area (TPSA) is 142 Å². The van der Waals surface area contributed by atoms with Crippen molar-refractivity contribution in [1.82, 2.24) is 19.9 Å². The number of halogens is 4. The van der Waals surface area contributed by atoms with Crippen molar-refractivity contribution in [1.29, 1.82) is 0 Å². The molecule has 2 aromatic heterocycles. The number of aliphatic carboxylic acids is 1. The number of nitrogens with one attached hydrogen (secondary N) is 2. The molecule has 6 rings (SSSR count). The minimum Gasteiger partial charge on any atom is -0.548 e. The first-order valence-electron chi connectivity index (χ1n) is 16.5. The summed E-state index contributed by atoms with van der Waals surface area (Å²) in [5.74, 6) is -1.49. The molecule has 0 radical (unpaired) electrons. The number of nitrogens with zero attached hydrogens (tertiary/aromatic N) is 4. The number of hydrogen-bond acceptors (Lipinski definition) is 10. The molecule has 0 saturated carbocycles. The Hall–Kier alpha value is -4.98. The maximum atomic E-state index is 13.9. The average Bonchev–Trinajstić information content (AvgIpc) is 3.16. The molecule has 2 heterocycles. The summed E-state index contributed by atoms with van der Waals surface area (Å²) in [6, 6.07) is 27.5. The zero-order valence-corrected chi connectivity index (χ0v) is 33.8. The van der Waals surface area contributed by atoms with Crippen LogP contribution in [0.15, 0.2) is 97.1 Å². The fourth-order valence-electron chi connectivity index (χ4n) is 4.89. The van der Waals surface area contributed by atoms with Crippen LogP contribution >= 0.6 is 23.2 Å². The minimum absolute atomic E-state index is 0. The van der Waals surface area contributed by atoms with Gasteiger partial charge in [0.25, 0.3) is 0 Å². The van der Waals surface area contributed by atoms with Crippen LogP contribution in [0.5, 0.6) is 0 Å². The molecule has 0 aliphatic carbocycles. The van der Waals surface area contributed by atoms with Gasteiger partial charge in [-0.2, -0.15) is 0 Å². The number of rotatable bonds is 11. The number of aryl methyl sites for hydroxylation is 2. The van der Waals surface area contributed by atoms with E-state index in [9.17, 15) is 23.5 Å². The number of hydrogen-bond donors (Lipinski definition) is 2. The Morgan fingerprint density at radius 2 is 1.04 bits per heavy atom. The van der Waals surface area contributed by atoms with Crippen LogP contribution in [-0.2, 0) is 14.3 Å². The van der Waals surface area contributed by atoms with E-state index in [1.165, 1.54) is 24.3 Å². The number of ether oxygens (including phenoxy) is 1. The number of carbonyl (C=O) groups excluding carboxylic acids is 2. The number of esters is 1. The average molecular weight is 794 g/mol. The van der Waals surface area contributed by atoms with Crippen molar-refractivity contribution in [3.05, 3.63) is 130 Å². The Labute approximate surface area is 348 Å². The summed E-state index contributed by atoms with van der Waals surface area (Å²) >= 11 is 11.5. The van der Waals surface area contributed by atoms with Crippen LogP contribution in [0.1, 0.15) is 18.1 Å². The van der Waals surface area contributed by atoms with Gasteiger partial charge in [-0.05, 0) is 57.2 Å². The van der Waals surface area contributed by atoms with E-state index in [-0.39, 0.29) is 52.0 Å². The van der Waals surface area contributed by atoms with Gasteiger partial charge >= 0.3 is 35.5 Å². The van der Waals surface area contributed by atoms with Crippen molar-refractivity contribution in [3.63, 3.8) is 0 Å². The van der Waals surface area contributed by atoms with Crippen molar-refractivity contribution in [3.8, 4) is 45.3 Å². The van der Waals surface area contributed by atoms with Gasteiger partial charge in [0.15, 0.2) is 11.6 Å². The number of carboxylic acids is 1. The number of aromatic nitrogens is 4. The summed E-state index contributed by atoms with van der Waals surface area (Å²) in [4.78, 5) is 40.1. The molecule has 55 heavy (non-hydrogen) atoms. The molecule has 0 bridgehead atoms. The SMILES string of the molecule is CCOC(=O)CNc1cc(-c2ccc(C)cc2)nc(-c2ccc(Cl)c(F)c2)n1.Cc1ccc(-c2cc(NCC(=O)[O-])nc(-c3ccc(Cl)c(F)c3)n2)cc1.[Na+]. The molecule has 0 amide bonds. The molecule has 2 N–H and O–H groups in total. The second-order valence-corrected chi connectivity index (χ2v) is 12.6. The third kappa shape index (κ3) is 12.3. The van der Waals surface area contributed by atoms with Crippen LogP contribution in [-0.4, -0.2) is 51.6 Å². The molecular formula is C40H33Cl2F2N6NaO4. The third-order valence-electron chi connectivity index (χ3n) is 7.64. The number of benzene rings is 4. The quantitative estimate of drug-likeness (QED) is 0.137. The van der Waals surface area contributed by atoms with Crippen LogP contribution in [0, 0.1) is 25.5 Å². The molecule has 4 aromatic carbocycles. The first-order valence-corrected chi connectivity index (χ1v) is 17.3. The molecule has 276 valence electrons. The summed E-state index contributed by atoms with van der Waals surface area (Å²) in [5.41, 5.74) is 6.05. The zero-order valence-electron chi connectivity index (χ0n) is 30.3. The van der Waals surface area contributed by atoms with Gasteiger partial charge in [-0.1, -0.05) is 82.9 Å².